The molecule has 2 saturated carbocycles. The van der Waals surface area contributed by atoms with Gasteiger partial charge in [-0.3, -0.25) is 4.68 Å². The third-order valence-electron chi connectivity index (χ3n) is 5.67. The number of halogens is 1. The molecule has 2 fully saturated rings. The van der Waals surface area contributed by atoms with Gasteiger partial charge in [0.15, 0.2) is 0 Å². The van der Waals surface area contributed by atoms with Gasteiger partial charge in [-0.15, -0.1) is 0 Å². The minimum absolute atomic E-state index is 0.588. The largest absolute Gasteiger partial charge is 0.314 e. The number of aromatic nitrogens is 2. The van der Waals surface area contributed by atoms with Gasteiger partial charge < -0.3 is 5.32 Å². The smallest absolute Gasteiger partial charge is 0.0738 e. The fourth-order valence-corrected chi connectivity index (χ4v) is 5.19. The number of hydrogen-bond donors (Lipinski definition) is 1. The molecule has 3 nitrogen and oxygen atoms in total. The summed E-state index contributed by atoms with van der Waals surface area (Å²) in [5, 5.41) is 8.26. The molecule has 21 heavy (non-hydrogen) atoms. The summed E-state index contributed by atoms with van der Waals surface area (Å²) in [4.78, 5) is 0. The van der Waals surface area contributed by atoms with Gasteiger partial charge in [-0.05, 0) is 72.8 Å². The predicted octanol–water partition coefficient (Wildman–Crippen LogP) is 3.84. The molecule has 0 amide bonds. The van der Waals surface area contributed by atoms with Gasteiger partial charge in [0, 0.05) is 19.5 Å². The highest BCUT2D eigenvalue weighted by Crippen LogP contribution is 2.50. The van der Waals surface area contributed by atoms with Gasteiger partial charge in [-0.1, -0.05) is 13.3 Å². The van der Waals surface area contributed by atoms with E-state index in [4.69, 9.17) is 0 Å². The standard InChI is InChI=1S/C17H28BrN3/c1-4-19-15(9-14-8-12-5-6-13(14)7-12)10-16-17(18)11(2)20-21(16)3/h12-15,19H,4-10H2,1-3H3. The van der Waals surface area contributed by atoms with Gasteiger partial charge in [0.2, 0.25) is 0 Å². The van der Waals surface area contributed by atoms with Gasteiger partial charge in [0.1, 0.15) is 0 Å². The second-order valence-electron chi connectivity index (χ2n) is 7.10. The molecule has 1 N–H and O–H groups in total. The first kappa shape index (κ1) is 15.5. The molecule has 0 saturated heterocycles. The first-order valence-electron chi connectivity index (χ1n) is 8.49. The Balaban J connectivity index is 1.67. The summed E-state index contributed by atoms with van der Waals surface area (Å²) >= 11 is 3.71. The molecule has 0 aromatic carbocycles. The second kappa shape index (κ2) is 6.41. The minimum Gasteiger partial charge on any atom is -0.314 e. The summed E-state index contributed by atoms with van der Waals surface area (Å²) in [7, 11) is 2.06. The highest BCUT2D eigenvalue weighted by molar-refractivity contribution is 9.10. The Morgan fingerprint density at radius 1 is 1.38 bits per heavy atom. The van der Waals surface area contributed by atoms with Crippen molar-refractivity contribution < 1.29 is 0 Å². The second-order valence-corrected chi connectivity index (χ2v) is 7.89. The van der Waals surface area contributed by atoms with E-state index in [1.165, 1.54) is 42.3 Å². The van der Waals surface area contributed by atoms with E-state index in [0.29, 0.717) is 6.04 Å². The van der Waals surface area contributed by atoms with Crippen LogP contribution < -0.4 is 5.32 Å². The first-order valence-corrected chi connectivity index (χ1v) is 9.29. The predicted molar refractivity (Wildman–Crippen MR) is 90.4 cm³/mol. The number of fused-ring (bicyclic) bond motifs is 2. The monoisotopic (exact) mass is 353 g/mol. The van der Waals surface area contributed by atoms with E-state index in [1.807, 2.05) is 4.68 Å². The summed E-state index contributed by atoms with van der Waals surface area (Å²) in [6.45, 7) is 5.35. The van der Waals surface area contributed by atoms with Crippen LogP contribution in [0.4, 0.5) is 0 Å². The number of hydrogen-bond acceptors (Lipinski definition) is 2. The van der Waals surface area contributed by atoms with Gasteiger partial charge in [-0.2, -0.15) is 5.10 Å². The highest BCUT2D eigenvalue weighted by Gasteiger charge is 2.40. The Morgan fingerprint density at radius 2 is 2.19 bits per heavy atom. The lowest BCUT2D eigenvalue weighted by Crippen LogP contribution is -2.34. The van der Waals surface area contributed by atoms with Gasteiger partial charge in [0.05, 0.1) is 15.9 Å². The van der Waals surface area contributed by atoms with E-state index < -0.39 is 0 Å². The van der Waals surface area contributed by atoms with Crippen molar-refractivity contribution in [1.82, 2.24) is 15.1 Å². The SMILES string of the molecule is CCNC(Cc1c(Br)c(C)nn1C)CC1CC2CCC1C2. The summed E-state index contributed by atoms with van der Waals surface area (Å²) in [5.74, 6) is 3.03. The average molecular weight is 354 g/mol. The van der Waals surface area contributed by atoms with E-state index in [-0.39, 0.29) is 0 Å². The van der Waals surface area contributed by atoms with E-state index >= 15 is 0 Å². The Bertz CT molecular complexity index is 496. The molecule has 1 aromatic heterocycles. The normalized spacial score (nSPS) is 29.2. The van der Waals surface area contributed by atoms with Crippen LogP contribution in [0.1, 0.15) is 50.4 Å². The van der Waals surface area contributed by atoms with Crippen molar-refractivity contribution in [2.24, 2.45) is 24.8 Å². The number of rotatable bonds is 6. The summed E-state index contributed by atoms with van der Waals surface area (Å²) in [5.41, 5.74) is 2.43. The molecular formula is C17H28BrN3. The van der Waals surface area contributed by atoms with Gasteiger partial charge in [-0.25, -0.2) is 0 Å². The maximum absolute atomic E-state index is 4.54. The Kier molecular flexibility index (Phi) is 4.75. The number of nitrogens with one attached hydrogen (secondary N) is 1. The number of nitrogens with zero attached hydrogens (tertiary/aromatic N) is 2. The summed E-state index contributed by atoms with van der Waals surface area (Å²) < 4.78 is 3.24. The lowest BCUT2D eigenvalue weighted by molar-refractivity contribution is 0.276. The van der Waals surface area contributed by atoms with E-state index in [1.54, 1.807) is 0 Å². The van der Waals surface area contributed by atoms with Crippen LogP contribution in [-0.2, 0) is 13.5 Å². The van der Waals surface area contributed by atoms with Gasteiger partial charge in [0.25, 0.3) is 0 Å². The number of likely N-dealkylation sites (N-methyl/N-ethyl adjacent to an activating group) is 1. The fourth-order valence-electron chi connectivity index (χ4n) is 4.69. The lowest BCUT2D eigenvalue weighted by Gasteiger charge is -2.27. The van der Waals surface area contributed by atoms with Crippen LogP contribution in [0.2, 0.25) is 0 Å². The molecule has 1 heterocycles. The first-order chi connectivity index (χ1) is 10.1. The molecule has 4 heteroatoms. The third kappa shape index (κ3) is 3.21. The Labute approximate surface area is 137 Å². The number of aryl methyl sites for hydroxylation is 2. The zero-order valence-electron chi connectivity index (χ0n) is 13.5. The molecule has 4 atom stereocenters. The molecule has 1 aromatic rings. The van der Waals surface area contributed by atoms with Crippen LogP contribution in [0.3, 0.4) is 0 Å². The van der Waals surface area contributed by atoms with Crippen LogP contribution in [0.5, 0.6) is 0 Å². The minimum atomic E-state index is 0.588. The van der Waals surface area contributed by atoms with Crippen molar-refractivity contribution >= 4 is 15.9 Å². The van der Waals surface area contributed by atoms with Crippen LogP contribution in [-0.4, -0.2) is 22.4 Å². The maximum Gasteiger partial charge on any atom is 0.0738 e. The molecule has 2 aliphatic carbocycles. The summed E-state index contributed by atoms with van der Waals surface area (Å²) in [6.07, 6.45) is 8.41. The highest BCUT2D eigenvalue weighted by atomic mass is 79.9. The van der Waals surface area contributed by atoms with Crippen molar-refractivity contribution in [3.05, 3.63) is 15.9 Å². The van der Waals surface area contributed by atoms with Crippen molar-refractivity contribution in [3.8, 4) is 0 Å². The molecular weight excluding hydrogens is 326 g/mol. The quantitative estimate of drug-likeness (QED) is 0.841. The molecule has 118 valence electrons. The molecule has 0 radical (unpaired) electrons. The molecule has 0 aliphatic heterocycles. The van der Waals surface area contributed by atoms with Crippen molar-refractivity contribution in [3.63, 3.8) is 0 Å². The van der Waals surface area contributed by atoms with Crippen LogP contribution >= 0.6 is 15.9 Å². The van der Waals surface area contributed by atoms with E-state index in [0.717, 1.165) is 36.4 Å². The van der Waals surface area contributed by atoms with Crippen molar-refractivity contribution in [2.75, 3.05) is 6.54 Å². The van der Waals surface area contributed by atoms with E-state index in [2.05, 4.69) is 47.2 Å². The zero-order chi connectivity index (χ0) is 15.0. The van der Waals surface area contributed by atoms with Gasteiger partial charge >= 0.3 is 0 Å². The molecule has 2 aliphatic rings. The zero-order valence-corrected chi connectivity index (χ0v) is 15.1. The topological polar surface area (TPSA) is 29.9 Å². The third-order valence-corrected chi connectivity index (χ3v) is 6.70. The molecule has 0 spiro atoms. The van der Waals surface area contributed by atoms with Crippen molar-refractivity contribution in [1.29, 1.82) is 0 Å². The molecule has 4 unspecified atom stereocenters. The van der Waals surface area contributed by atoms with Crippen molar-refractivity contribution in [2.45, 2.75) is 58.4 Å². The Hall–Kier alpha value is -0.350. The van der Waals surface area contributed by atoms with Crippen LogP contribution in [0.15, 0.2) is 4.47 Å². The average Bonchev–Trinajstić information content (AvgIpc) is 3.11. The van der Waals surface area contributed by atoms with Crippen LogP contribution in [0, 0.1) is 24.7 Å². The summed E-state index contributed by atoms with van der Waals surface area (Å²) in [6, 6.07) is 0.588. The Morgan fingerprint density at radius 3 is 2.71 bits per heavy atom. The molecule has 2 bridgehead atoms. The molecule has 3 rings (SSSR count). The van der Waals surface area contributed by atoms with Crippen LogP contribution in [0.25, 0.3) is 0 Å². The van der Waals surface area contributed by atoms with E-state index in [9.17, 15) is 0 Å². The maximum atomic E-state index is 4.54. The lowest BCUT2D eigenvalue weighted by atomic mass is 9.83. The fraction of sp³-hybridized carbons (Fsp3) is 0.824.